The van der Waals surface area contributed by atoms with Crippen LogP contribution < -0.4 is 5.32 Å². The predicted molar refractivity (Wildman–Crippen MR) is 63.5 cm³/mol. The van der Waals surface area contributed by atoms with E-state index in [0.717, 1.165) is 6.54 Å². The minimum Gasteiger partial charge on any atom is -0.315 e. The number of nitrogens with one attached hydrogen (secondary N) is 1. The Labute approximate surface area is 92.7 Å². The summed E-state index contributed by atoms with van der Waals surface area (Å²) in [5, 5.41) is 5.56. The third kappa shape index (κ3) is 4.79. The average molecular weight is 262 g/mol. The standard InChI is InChI=1S/C10H16BrNS/c1-8(2)12-5-3-4-10-6-9(11)7-13-10/h6-8,12H,3-5H2,1-2H3. The number of hydrogen-bond acceptors (Lipinski definition) is 2. The van der Waals surface area contributed by atoms with Crippen LogP contribution in [-0.4, -0.2) is 12.6 Å². The zero-order valence-electron chi connectivity index (χ0n) is 8.14. The molecular weight excluding hydrogens is 246 g/mol. The lowest BCUT2D eigenvalue weighted by atomic mass is 10.2. The van der Waals surface area contributed by atoms with Gasteiger partial charge in [-0.1, -0.05) is 13.8 Å². The van der Waals surface area contributed by atoms with Gasteiger partial charge in [-0.25, -0.2) is 0 Å². The summed E-state index contributed by atoms with van der Waals surface area (Å²) in [6, 6.07) is 2.81. The normalized spacial score (nSPS) is 11.1. The van der Waals surface area contributed by atoms with Crippen LogP contribution in [0.25, 0.3) is 0 Å². The Morgan fingerprint density at radius 1 is 1.54 bits per heavy atom. The van der Waals surface area contributed by atoms with E-state index in [9.17, 15) is 0 Å². The quantitative estimate of drug-likeness (QED) is 0.801. The smallest absolute Gasteiger partial charge is 0.0285 e. The molecule has 13 heavy (non-hydrogen) atoms. The van der Waals surface area contributed by atoms with Crippen molar-refractivity contribution in [1.82, 2.24) is 5.32 Å². The van der Waals surface area contributed by atoms with E-state index in [2.05, 4.69) is 46.5 Å². The highest BCUT2D eigenvalue weighted by atomic mass is 79.9. The zero-order chi connectivity index (χ0) is 9.68. The molecule has 0 aliphatic rings. The minimum atomic E-state index is 0.607. The van der Waals surface area contributed by atoms with Crippen LogP contribution in [0.2, 0.25) is 0 Å². The summed E-state index contributed by atoms with van der Waals surface area (Å²) in [5.74, 6) is 0. The van der Waals surface area contributed by atoms with E-state index < -0.39 is 0 Å². The molecule has 1 aromatic rings. The molecular formula is C10H16BrNS. The first kappa shape index (κ1) is 11.2. The summed E-state index contributed by atoms with van der Waals surface area (Å²) in [5.41, 5.74) is 0. The van der Waals surface area contributed by atoms with Gasteiger partial charge in [0, 0.05) is 20.8 Å². The molecule has 0 fully saturated rings. The first-order valence-corrected chi connectivity index (χ1v) is 6.32. The summed E-state index contributed by atoms with van der Waals surface area (Å²) in [4.78, 5) is 1.47. The zero-order valence-corrected chi connectivity index (χ0v) is 10.5. The van der Waals surface area contributed by atoms with Crippen LogP contribution in [-0.2, 0) is 6.42 Å². The number of rotatable bonds is 5. The summed E-state index contributed by atoms with van der Waals surface area (Å²) < 4.78 is 1.21. The van der Waals surface area contributed by atoms with Crippen molar-refractivity contribution in [1.29, 1.82) is 0 Å². The number of halogens is 1. The third-order valence-electron chi connectivity index (χ3n) is 1.77. The minimum absolute atomic E-state index is 0.607. The van der Waals surface area contributed by atoms with Gasteiger partial charge in [-0.3, -0.25) is 0 Å². The van der Waals surface area contributed by atoms with Gasteiger partial charge >= 0.3 is 0 Å². The van der Waals surface area contributed by atoms with Gasteiger partial charge in [-0.2, -0.15) is 0 Å². The first-order valence-electron chi connectivity index (χ1n) is 4.65. The van der Waals surface area contributed by atoms with E-state index in [1.165, 1.54) is 22.2 Å². The van der Waals surface area contributed by atoms with Crippen LogP contribution in [0.4, 0.5) is 0 Å². The maximum atomic E-state index is 3.46. The van der Waals surface area contributed by atoms with E-state index in [0.29, 0.717) is 6.04 Å². The molecule has 74 valence electrons. The van der Waals surface area contributed by atoms with Crippen molar-refractivity contribution in [2.75, 3.05) is 6.54 Å². The van der Waals surface area contributed by atoms with Gasteiger partial charge < -0.3 is 5.32 Å². The van der Waals surface area contributed by atoms with Crippen molar-refractivity contribution >= 4 is 27.3 Å². The Balaban J connectivity index is 2.13. The Hall–Kier alpha value is 0.140. The lowest BCUT2D eigenvalue weighted by Gasteiger charge is -2.06. The molecule has 1 N–H and O–H groups in total. The molecule has 0 aromatic carbocycles. The molecule has 0 saturated heterocycles. The van der Waals surface area contributed by atoms with Gasteiger partial charge in [0.1, 0.15) is 0 Å². The maximum Gasteiger partial charge on any atom is 0.0285 e. The van der Waals surface area contributed by atoms with Crippen molar-refractivity contribution in [3.05, 3.63) is 20.8 Å². The van der Waals surface area contributed by atoms with Crippen LogP contribution in [0, 0.1) is 0 Å². The van der Waals surface area contributed by atoms with E-state index in [4.69, 9.17) is 0 Å². The van der Waals surface area contributed by atoms with Crippen LogP contribution in [0.15, 0.2) is 15.9 Å². The van der Waals surface area contributed by atoms with E-state index in [-0.39, 0.29) is 0 Å². The van der Waals surface area contributed by atoms with Gasteiger partial charge in [0.05, 0.1) is 0 Å². The highest BCUT2D eigenvalue weighted by Gasteiger charge is 1.97. The fraction of sp³-hybridized carbons (Fsp3) is 0.600. The summed E-state index contributed by atoms with van der Waals surface area (Å²) in [7, 11) is 0. The van der Waals surface area contributed by atoms with Crippen LogP contribution in [0.1, 0.15) is 25.1 Å². The molecule has 3 heteroatoms. The summed E-state index contributed by atoms with van der Waals surface area (Å²) >= 11 is 5.29. The maximum absolute atomic E-state index is 3.46. The Kier molecular flexibility index (Phi) is 4.99. The second-order valence-electron chi connectivity index (χ2n) is 3.44. The highest BCUT2D eigenvalue weighted by molar-refractivity contribution is 9.10. The molecule has 0 atom stereocenters. The lowest BCUT2D eigenvalue weighted by molar-refractivity contribution is 0.571. The second kappa shape index (κ2) is 5.78. The molecule has 0 saturated carbocycles. The number of hydrogen-bond donors (Lipinski definition) is 1. The van der Waals surface area contributed by atoms with Gasteiger partial charge in [0.25, 0.3) is 0 Å². The number of aryl methyl sites for hydroxylation is 1. The van der Waals surface area contributed by atoms with Crippen LogP contribution in [0.3, 0.4) is 0 Å². The van der Waals surface area contributed by atoms with E-state index >= 15 is 0 Å². The van der Waals surface area contributed by atoms with Gasteiger partial charge in [-0.05, 0) is 41.4 Å². The largest absolute Gasteiger partial charge is 0.315 e. The van der Waals surface area contributed by atoms with E-state index in [1.807, 2.05) is 11.3 Å². The second-order valence-corrected chi connectivity index (χ2v) is 5.36. The number of thiophene rings is 1. The van der Waals surface area contributed by atoms with Crippen molar-refractivity contribution in [3.8, 4) is 0 Å². The molecule has 0 aliphatic heterocycles. The molecule has 0 spiro atoms. The summed E-state index contributed by atoms with van der Waals surface area (Å²) in [6.07, 6.45) is 2.42. The molecule has 0 unspecified atom stereocenters. The van der Waals surface area contributed by atoms with Crippen LogP contribution >= 0.6 is 27.3 Å². The molecule has 1 heterocycles. The fourth-order valence-corrected chi connectivity index (χ4v) is 2.64. The molecule has 0 aliphatic carbocycles. The van der Waals surface area contributed by atoms with Gasteiger partial charge in [0.2, 0.25) is 0 Å². The SMILES string of the molecule is CC(C)NCCCc1cc(Br)cs1. The summed E-state index contributed by atoms with van der Waals surface area (Å²) in [6.45, 7) is 5.48. The van der Waals surface area contributed by atoms with Crippen LogP contribution in [0.5, 0.6) is 0 Å². The topological polar surface area (TPSA) is 12.0 Å². The molecule has 0 radical (unpaired) electrons. The molecule has 1 aromatic heterocycles. The first-order chi connectivity index (χ1) is 6.18. The van der Waals surface area contributed by atoms with Crippen molar-refractivity contribution in [3.63, 3.8) is 0 Å². The lowest BCUT2D eigenvalue weighted by Crippen LogP contribution is -2.23. The van der Waals surface area contributed by atoms with Crippen molar-refractivity contribution in [2.24, 2.45) is 0 Å². The average Bonchev–Trinajstić information content (AvgIpc) is 2.45. The Morgan fingerprint density at radius 3 is 2.85 bits per heavy atom. The van der Waals surface area contributed by atoms with Gasteiger partial charge in [-0.15, -0.1) is 11.3 Å². The molecule has 0 amide bonds. The molecule has 0 bridgehead atoms. The van der Waals surface area contributed by atoms with E-state index in [1.54, 1.807) is 0 Å². The Bertz CT molecular complexity index is 245. The highest BCUT2D eigenvalue weighted by Crippen LogP contribution is 2.20. The molecule has 1 rings (SSSR count). The fourth-order valence-electron chi connectivity index (χ4n) is 1.14. The Morgan fingerprint density at radius 2 is 2.31 bits per heavy atom. The molecule has 1 nitrogen and oxygen atoms in total. The van der Waals surface area contributed by atoms with Crippen molar-refractivity contribution < 1.29 is 0 Å². The monoisotopic (exact) mass is 261 g/mol. The van der Waals surface area contributed by atoms with Gasteiger partial charge in [0.15, 0.2) is 0 Å². The van der Waals surface area contributed by atoms with Crippen molar-refractivity contribution in [2.45, 2.75) is 32.7 Å². The third-order valence-corrected chi connectivity index (χ3v) is 3.53. The predicted octanol–water partition coefficient (Wildman–Crippen LogP) is 3.44.